The summed E-state index contributed by atoms with van der Waals surface area (Å²) in [5.41, 5.74) is 0. The molecule has 0 spiro atoms. The molecule has 0 radical (unpaired) electrons. The number of nitrogens with one attached hydrogen (secondary N) is 1. The highest BCUT2D eigenvalue weighted by Gasteiger charge is 2.25. The van der Waals surface area contributed by atoms with Crippen LogP contribution in [0.4, 0.5) is 0 Å². The molecular weight excluding hydrogens is 212 g/mol. The predicted octanol–water partition coefficient (Wildman–Crippen LogP) is 2.12. The quantitative estimate of drug-likeness (QED) is 0.692. The SMILES string of the molecule is COCCCCN1CC(C)NCC1CC(C)C. The number of hydrogen-bond donors (Lipinski definition) is 1. The van der Waals surface area contributed by atoms with E-state index in [1.165, 1.54) is 32.4 Å². The van der Waals surface area contributed by atoms with Crippen molar-refractivity contribution in [2.24, 2.45) is 5.92 Å². The summed E-state index contributed by atoms with van der Waals surface area (Å²) >= 11 is 0. The van der Waals surface area contributed by atoms with Crippen molar-refractivity contribution in [1.82, 2.24) is 10.2 Å². The first-order valence-corrected chi connectivity index (χ1v) is 7.09. The molecule has 1 heterocycles. The Morgan fingerprint density at radius 3 is 2.76 bits per heavy atom. The van der Waals surface area contributed by atoms with Crippen LogP contribution < -0.4 is 5.32 Å². The van der Waals surface area contributed by atoms with Gasteiger partial charge in [0, 0.05) is 38.9 Å². The third kappa shape index (κ3) is 5.84. The van der Waals surface area contributed by atoms with Crippen molar-refractivity contribution in [2.45, 2.75) is 52.1 Å². The fourth-order valence-electron chi connectivity index (χ4n) is 2.64. The maximum absolute atomic E-state index is 5.11. The van der Waals surface area contributed by atoms with Gasteiger partial charge < -0.3 is 10.1 Å². The van der Waals surface area contributed by atoms with Gasteiger partial charge in [0.1, 0.15) is 0 Å². The Morgan fingerprint density at radius 2 is 2.12 bits per heavy atom. The van der Waals surface area contributed by atoms with E-state index in [1.807, 2.05) is 0 Å². The Morgan fingerprint density at radius 1 is 1.35 bits per heavy atom. The van der Waals surface area contributed by atoms with Gasteiger partial charge >= 0.3 is 0 Å². The molecule has 1 aliphatic rings. The molecule has 102 valence electrons. The van der Waals surface area contributed by atoms with E-state index in [4.69, 9.17) is 4.74 Å². The van der Waals surface area contributed by atoms with E-state index >= 15 is 0 Å². The lowest BCUT2D eigenvalue weighted by Gasteiger charge is -2.40. The van der Waals surface area contributed by atoms with E-state index in [2.05, 4.69) is 31.0 Å². The van der Waals surface area contributed by atoms with Crippen LogP contribution in [-0.4, -0.2) is 50.3 Å². The van der Waals surface area contributed by atoms with Crippen LogP contribution in [0.3, 0.4) is 0 Å². The lowest BCUT2D eigenvalue weighted by atomic mass is 9.99. The van der Waals surface area contributed by atoms with E-state index in [0.29, 0.717) is 6.04 Å². The molecular formula is C14H30N2O. The van der Waals surface area contributed by atoms with Crippen LogP contribution in [0.5, 0.6) is 0 Å². The first-order valence-electron chi connectivity index (χ1n) is 7.09. The van der Waals surface area contributed by atoms with Crippen molar-refractivity contribution in [3.05, 3.63) is 0 Å². The van der Waals surface area contributed by atoms with Crippen molar-refractivity contribution in [3.63, 3.8) is 0 Å². The first kappa shape index (κ1) is 14.9. The fraction of sp³-hybridized carbons (Fsp3) is 1.00. The lowest BCUT2D eigenvalue weighted by Crippen LogP contribution is -2.55. The number of nitrogens with zero attached hydrogens (tertiary/aromatic N) is 1. The minimum absolute atomic E-state index is 0.640. The van der Waals surface area contributed by atoms with Crippen LogP contribution >= 0.6 is 0 Å². The first-order chi connectivity index (χ1) is 8.13. The van der Waals surface area contributed by atoms with Crippen LogP contribution in [0.25, 0.3) is 0 Å². The molecule has 0 saturated carbocycles. The van der Waals surface area contributed by atoms with Crippen LogP contribution in [0, 0.1) is 5.92 Å². The highest BCUT2D eigenvalue weighted by Crippen LogP contribution is 2.16. The van der Waals surface area contributed by atoms with Gasteiger partial charge in [0.15, 0.2) is 0 Å². The lowest BCUT2D eigenvalue weighted by molar-refractivity contribution is 0.111. The van der Waals surface area contributed by atoms with Gasteiger partial charge in [-0.05, 0) is 38.6 Å². The molecule has 0 amide bonds. The molecule has 1 N–H and O–H groups in total. The Bertz CT molecular complexity index is 197. The molecule has 1 fully saturated rings. The van der Waals surface area contributed by atoms with E-state index < -0.39 is 0 Å². The maximum atomic E-state index is 5.11. The van der Waals surface area contributed by atoms with Gasteiger partial charge in [-0.1, -0.05) is 13.8 Å². The summed E-state index contributed by atoms with van der Waals surface area (Å²) in [5.74, 6) is 0.789. The molecule has 17 heavy (non-hydrogen) atoms. The summed E-state index contributed by atoms with van der Waals surface area (Å²) in [6.07, 6.45) is 3.75. The monoisotopic (exact) mass is 242 g/mol. The van der Waals surface area contributed by atoms with Gasteiger partial charge in [-0.2, -0.15) is 0 Å². The Hall–Kier alpha value is -0.120. The summed E-state index contributed by atoms with van der Waals surface area (Å²) in [6, 6.07) is 1.37. The van der Waals surface area contributed by atoms with Crippen molar-refractivity contribution in [1.29, 1.82) is 0 Å². The zero-order valence-electron chi connectivity index (χ0n) is 12.0. The molecule has 0 aromatic heterocycles. The molecule has 2 atom stereocenters. The fourth-order valence-corrected chi connectivity index (χ4v) is 2.64. The normalized spacial score (nSPS) is 26.6. The second-order valence-electron chi connectivity index (χ2n) is 5.79. The molecule has 0 aliphatic carbocycles. The second-order valence-corrected chi connectivity index (χ2v) is 5.79. The van der Waals surface area contributed by atoms with E-state index in [9.17, 15) is 0 Å². The summed E-state index contributed by atoms with van der Waals surface area (Å²) < 4.78 is 5.11. The zero-order valence-corrected chi connectivity index (χ0v) is 12.0. The minimum atomic E-state index is 0.640. The summed E-state index contributed by atoms with van der Waals surface area (Å²) in [4.78, 5) is 2.68. The summed E-state index contributed by atoms with van der Waals surface area (Å²) in [7, 11) is 1.79. The number of methoxy groups -OCH3 is 1. The molecule has 0 aromatic rings. The topological polar surface area (TPSA) is 24.5 Å². The molecule has 1 aliphatic heterocycles. The molecule has 0 aromatic carbocycles. The van der Waals surface area contributed by atoms with E-state index in [0.717, 1.165) is 25.1 Å². The molecule has 1 saturated heterocycles. The van der Waals surface area contributed by atoms with Crippen LogP contribution in [0.1, 0.15) is 40.0 Å². The Balaban J connectivity index is 2.33. The predicted molar refractivity (Wildman–Crippen MR) is 73.4 cm³/mol. The van der Waals surface area contributed by atoms with Crippen LogP contribution in [0.2, 0.25) is 0 Å². The van der Waals surface area contributed by atoms with Crippen molar-refractivity contribution >= 4 is 0 Å². The summed E-state index contributed by atoms with van der Waals surface area (Å²) in [6.45, 7) is 11.4. The minimum Gasteiger partial charge on any atom is -0.385 e. The zero-order chi connectivity index (χ0) is 12.7. The van der Waals surface area contributed by atoms with Crippen LogP contribution in [-0.2, 0) is 4.74 Å². The average Bonchev–Trinajstić information content (AvgIpc) is 2.27. The van der Waals surface area contributed by atoms with E-state index in [1.54, 1.807) is 7.11 Å². The van der Waals surface area contributed by atoms with Gasteiger partial charge in [-0.15, -0.1) is 0 Å². The van der Waals surface area contributed by atoms with Crippen molar-refractivity contribution in [2.75, 3.05) is 33.4 Å². The number of ether oxygens (including phenoxy) is 1. The van der Waals surface area contributed by atoms with Crippen molar-refractivity contribution in [3.8, 4) is 0 Å². The number of hydrogen-bond acceptors (Lipinski definition) is 3. The second kappa shape index (κ2) is 8.06. The Kier molecular flexibility index (Phi) is 7.09. The summed E-state index contributed by atoms with van der Waals surface area (Å²) in [5, 5.41) is 3.60. The maximum Gasteiger partial charge on any atom is 0.0462 e. The molecule has 2 unspecified atom stereocenters. The van der Waals surface area contributed by atoms with E-state index in [-0.39, 0.29) is 0 Å². The van der Waals surface area contributed by atoms with Gasteiger partial charge in [-0.25, -0.2) is 0 Å². The van der Waals surface area contributed by atoms with Crippen molar-refractivity contribution < 1.29 is 4.74 Å². The molecule has 1 rings (SSSR count). The highest BCUT2D eigenvalue weighted by atomic mass is 16.5. The third-order valence-electron chi connectivity index (χ3n) is 3.51. The number of rotatable bonds is 7. The Labute approximate surface area is 107 Å². The number of piperazine rings is 1. The standard InChI is InChI=1S/C14H30N2O/c1-12(2)9-14-10-15-13(3)11-16(14)7-5-6-8-17-4/h12-15H,5-11H2,1-4H3. The number of unbranched alkanes of at least 4 members (excludes halogenated alkanes) is 1. The van der Waals surface area contributed by atoms with Gasteiger partial charge in [0.05, 0.1) is 0 Å². The molecule has 3 heteroatoms. The average molecular weight is 242 g/mol. The van der Waals surface area contributed by atoms with Gasteiger partial charge in [0.2, 0.25) is 0 Å². The highest BCUT2D eigenvalue weighted by molar-refractivity contribution is 4.84. The molecule has 0 bridgehead atoms. The smallest absolute Gasteiger partial charge is 0.0462 e. The van der Waals surface area contributed by atoms with Crippen LogP contribution in [0.15, 0.2) is 0 Å². The van der Waals surface area contributed by atoms with Gasteiger partial charge in [0.25, 0.3) is 0 Å². The third-order valence-corrected chi connectivity index (χ3v) is 3.51. The largest absolute Gasteiger partial charge is 0.385 e. The van der Waals surface area contributed by atoms with Gasteiger partial charge in [-0.3, -0.25) is 4.90 Å². The molecule has 3 nitrogen and oxygen atoms in total.